The molecule has 0 saturated heterocycles. The van der Waals surface area contributed by atoms with Gasteiger partial charge in [-0.05, 0) is 6.42 Å². The predicted octanol–water partition coefficient (Wildman–Crippen LogP) is 2.51. The third-order valence-electron chi connectivity index (χ3n) is 3.41. The van der Waals surface area contributed by atoms with E-state index in [1.807, 2.05) is 41.9 Å². The average Bonchev–Trinajstić information content (AvgIpc) is 2.97. The second kappa shape index (κ2) is 10.1. The van der Waals surface area contributed by atoms with Crippen LogP contribution in [-0.4, -0.2) is 46.2 Å². The molecule has 0 fully saturated rings. The summed E-state index contributed by atoms with van der Waals surface area (Å²) < 4.78 is 7.31. The van der Waals surface area contributed by atoms with E-state index in [4.69, 9.17) is 4.74 Å². The molecule has 0 aliphatic carbocycles. The Kier molecular flexibility index (Phi) is 7.77. The van der Waals surface area contributed by atoms with Crippen LogP contribution in [0.15, 0.2) is 35.5 Å². The van der Waals surface area contributed by atoms with Gasteiger partial charge in [0.15, 0.2) is 11.0 Å². The van der Waals surface area contributed by atoms with Crippen molar-refractivity contribution in [1.82, 2.24) is 20.1 Å². The van der Waals surface area contributed by atoms with Crippen molar-refractivity contribution in [2.75, 3.05) is 25.5 Å². The molecule has 24 heavy (non-hydrogen) atoms. The Bertz CT molecular complexity index is 631. The number of thioether (sulfide) groups is 1. The minimum absolute atomic E-state index is 0.0247. The minimum Gasteiger partial charge on any atom is -0.380 e. The number of benzene rings is 1. The topological polar surface area (TPSA) is 69.0 Å². The van der Waals surface area contributed by atoms with Crippen LogP contribution >= 0.6 is 11.8 Å². The van der Waals surface area contributed by atoms with E-state index >= 15 is 0 Å². The van der Waals surface area contributed by atoms with E-state index in [0.717, 1.165) is 36.0 Å². The summed E-state index contributed by atoms with van der Waals surface area (Å²) in [5, 5.41) is 11.9. The summed E-state index contributed by atoms with van der Waals surface area (Å²) in [7, 11) is 1.91. The summed E-state index contributed by atoms with van der Waals surface area (Å²) in [6.45, 7) is 3.97. The number of hydrogen-bond donors (Lipinski definition) is 1. The highest BCUT2D eigenvalue weighted by Crippen LogP contribution is 2.21. The quantitative estimate of drug-likeness (QED) is 0.528. The van der Waals surface area contributed by atoms with Crippen LogP contribution in [0.5, 0.6) is 0 Å². The lowest BCUT2D eigenvalue weighted by atomic mass is 10.2. The Morgan fingerprint density at radius 2 is 2.04 bits per heavy atom. The molecule has 1 amide bonds. The smallest absolute Gasteiger partial charge is 0.230 e. The number of rotatable bonds is 10. The first-order chi connectivity index (χ1) is 11.7. The van der Waals surface area contributed by atoms with Crippen LogP contribution < -0.4 is 5.32 Å². The second-order valence-electron chi connectivity index (χ2n) is 5.34. The third kappa shape index (κ3) is 5.65. The highest BCUT2D eigenvalue weighted by molar-refractivity contribution is 7.99. The number of ether oxygens (including phenoxy) is 1. The van der Waals surface area contributed by atoms with Crippen LogP contribution in [0.1, 0.15) is 19.8 Å². The molecule has 1 aromatic heterocycles. The van der Waals surface area contributed by atoms with Gasteiger partial charge in [0.25, 0.3) is 0 Å². The maximum Gasteiger partial charge on any atom is 0.230 e. The van der Waals surface area contributed by atoms with Crippen molar-refractivity contribution in [1.29, 1.82) is 0 Å². The highest BCUT2D eigenvalue weighted by Gasteiger charge is 2.12. The molecule has 0 aliphatic rings. The molecule has 0 aliphatic heterocycles. The maximum absolute atomic E-state index is 11.8. The van der Waals surface area contributed by atoms with Gasteiger partial charge in [-0.15, -0.1) is 10.2 Å². The lowest BCUT2D eigenvalue weighted by molar-refractivity contribution is -0.118. The first kappa shape index (κ1) is 18.5. The molecule has 2 rings (SSSR count). The van der Waals surface area contributed by atoms with E-state index in [0.29, 0.717) is 18.9 Å². The number of hydrogen-bond acceptors (Lipinski definition) is 5. The van der Waals surface area contributed by atoms with Gasteiger partial charge in [-0.1, -0.05) is 55.4 Å². The molecule has 0 bridgehead atoms. The molecule has 0 spiro atoms. The van der Waals surface area contributed by atoms with Gasteiger partial charge in [0.2, 0.25) is 5.91 Å². The van der Waals surface area contributed by atoms with Crippen molar-refractivity contribution in [3.63, 3.8) is 0 Å². The monoisotopic (exact) mass is 348 g/mol. The van der Waals surface area contributed by atoms with Crippen molar-refractivity contribution in [3.8, 4) is 11.4 Å². The SMILES string of the molecule is CCCCOCCNC(=O)CSc1nnc(-c2ccccc2)n1C. The lowest BCUT2D eigenvalue weighted by Crippen LogP contribution is -2.28. The summed E-state index contributed by atoms with van der Waals surface area (Å²) in [5.74, 6) is 1.08. The Labute approximate surface area is 147 Å². The van der Waals surface area contributed by atoms with Crippen molar-refractivity contribution in [3.05, 3.63) is 30.3 Å². The zero-order valence-electron chi connectivity index (χ0n) is 14.2. The number of nitrogens with zero attached hydrogens (tertiary/aromatic N) is 3. The number of carbonyl (C=O) groups is 1. The molecule has 0 unspecified atom stereocenters. The van der Waals surface area contributed by atoms with Gasteiger partial charge in [0, 0.05) is 25.8 Å². The molecule has 130 valence electrons. The molecule has 1 aromatic carbocycles. The molecular formula is C17H24N4O2S. The summed E-state index contributed by atoms with van der Waals surface area (Å²) in [6, 6.07) is 9.87. The highest BCUT2D eigenvalue weighted by atomic mass is 32.2. The zero-order valence-corrected chi connectivity index (χ0v) is 15.0. The lowest BCUT2D eigenvalue weighted by Gasteiger charge is -2.06. The molecule has 0 atom stereocenters. The van der Waals surface area contributed by atoms with E-state index in [1.54, 1.807) is 0 Å². The van der Waals surface area contributed by atoms with Crippen LogP contribution in [-0.2, 0) is 16.6 Å². The molecule has 7 heteroatoms. The molecule has 1 N–H and O–H groups in total. The van der Waals surface area contributed by atoms with E-state index in [9.17, 15) is 4.79 Å². The number of nitrogens with one attached hydrogen (secondary N) is 1. The van der Waals surface area contributed by atoms with Crippen molar-refractivity contribution in [2.24, 2.45) is 7.05 Å². The van der Waals surface area contributed by atoms with Gasteiger partial charge in [-0.25, -0.2) is 0 Å². The molecule has 2 aromatic rings. The fourth-order valence-electron chi connectivity index (χ4n) is 2.07. The van der Waals surface area contributed by atoms with Crippen LogP contribution in [0.3, 0.4) is 0 Å². The Balaban J connectivity index is 1.74. The van der Waals surface area contributed by atoms with Gasteiger partial charge in [-0.2, -0.15) is 0 Å². The summed E-state index contributed by atoms with van der Waals surface area (Å²) in [5.41, 5.74) is 1.01. The Morgan fingerprint density at radius 3 is 2.79 bits per heavy atom. The van der Waals surface area contributed by atoms with E-state index in [1.165, 1.54) is 11.8 Å². The third-order valence-corrected chi connectivity index (χ3v) is 4.43. The summed E-state index contributed by atoms with van der Waals surface area (Å²) >= 11 is 1.38. The number of aromatic nitrogens is 3. The van der Waals surface area contributed by atoms with Gasteiger partial charge in [-0.3, -0.25) is 4.79 Å². The van der Waals surface area contributed by atoms with Gasteiger partial charge < -0.3 is 14.6 Å². The van der Waals surface area contributed by atoms with Crippen LogP contribution in [0.25, 0.3) is 11.4 Å². The van der Waals surface area contributed by atoms with Gasteiger partial charge >= 0.3 is 0 Å². The normalized spacial score (nSPS) is 10.8. The average molecular weight is 348 g/mol. The van der Waals surface area contributed by atoms with Crippen molar-refractivity contribution in [2.45, 2.75) is 24.9 Å². The second-order valence-corrected chi connectivity index (χ2v) is 6.28. The summed E-state index contributed by atoms with van der Waals surface area (Å²) in [6.07, 6.45) is 2.17. The predicted molar refractivity (Wildman–Crippen MR) is 95.9 cm³/mol. The molecule has 1 heterocycles. The number of carbonyl (C=O) groups excluding carboxylic acids is 1. The standard InChI is InChI=1S/C17H24N4O2S/c1-3-4-11-23-12-10-18-15(22)13-24-17-20-19-16(21(17)2)14-8-6-5-7-9-14/h5-9H,3-4,10-13H2,1-2H3,(H,18,22). The minimum atomic E-state index is -0.0247. The zero-order chi connectivity index (χ0) is 17.2. The fraction of sp³-hybridized carbons (Fsp3) is 0.471. The first-order valence-corrected chi connectivity index (χ1v) is 9.13. The number of amides is 1. The maximum atomic E-state index is 11.8. The fourth-order valence-corrected chi connectivity index (χ4v) is 2.81. The van der Waals surface area contributed by atoms with Crippen molar-refractivity contribution < 1.29 is 9.53 Å². The van der Waals surface area contributed by atoms with Gasteiger partial charge in [0.05, 0.1) is 12.4 Å². The van der Waals surface area contributed by atoms with Gasteiger partial charge in [0.1, 0.15) is 0 Å². The van der Waals surface area contributed by atoms with E-state index < -0.39 is 0 Å². The van der Waals surface area contributed by atoms with Crippen LogP contribution in [0.2, 0.25) is 0 Å². The molecule has 6 nitrogen and oxygen atoms in total. The molecular weight excluding hydrogens is 324 g/mol. The first-order valence-electron chi connectivity index (χ1n) is 8.14. The van der Waals surface area contributed by atoms with E-state index in [-0.39, 0.29) is 5.91 Å². The van der Waals surface area contributed by atoms with Crippen LogP contribution in [0, 0.1) is 0 Å². The molecule has 0 saturated carbocycles. The Morgan fingerprint density at radius 1 is 1.25 bits per heavy atom. The number of unbranched alkanes of at least 4 members (excludes halogenated alkanes) is 1. The largest absolute Gasteiger partial charge is 0.380 e. The Hall–Kier alpha value is -1.86. The summed E-state index contributed by atoms with van der Waals surface area (Å²) in [4.78, 5) is 11.8. The van der Waals surface area contributed by atoms with Crippen LogP contribution in [0.4, 0.5) is 0 Å². The van der Waals surface area contributed by atoms with E-state index in [2.05, 4.69) is 22.4 Å². The van der Waals surface area contributed by atoms with Crippen molar-refractivity contribution >= 4 is 17.7 Å². The molecule has 0 radical (unpaired) electrons.